The van der Waals surface area contributed by atoms with E-state index in [2.05, 4.69) is 31.8 Å². The molecule has 0 heterocycles. The van der Waals surface area contributed by atoms with Gasteiger partial charge in [0.05, 0.1) is 28.4 Å². The van der Waals surface area contributed by atoms with Gasteiger partial charge in [0.2, 0.25) is 0 Å². The molecule has 0 atom stereocenters. The normalized spacial score (nSPS) is 10.7. The van der Waals surface area contributed by atoms with Gasteiger partial charge in [0.15, 0.2) is 0 Å². The average molecular weight is 563 g/mol. The lowest BCUT2D eigenvalue weighted by Gasteiger charge is -2.09. The number of rotatable bonds is 7. The number of hydrogen-bond acceptors (Lipinski definition) is 5. The molecule has 34 heavy (non-hydrogen) atoms. The molecule has 0 aliphatic carbocycles. The van der Waals surface area contributed by atoms with Crippen LogP contribution < -0.4 is 15.5 Å². The van der Waals surface area contributed by atoms with Gasteiger partial charge in [-0.25, -0.2) is 10.2 Å². The first-order chi connectivity index (χ1) is 16.2. The minimum absolute atomic E-state index is 0.233. The second-order valence-corrected chi connectivity index (χ2v) is 8.78. The number of hydrazone groups is 1. The maximum absolute atomic E-state index is 12.5. The van der Waals surface area contributed by atoms with Crippen molar-refractivity contribution in [3.63, 3.8) is 0 Å². The highest BCUT2D eigenvalue weighted by atomic mass is 79.9. The number of nitrogens with zero attached hydrogens (tertiary/aromatic N) is 1. The number of carbonyl (C=O) groups is 3. The molecule has 7 nitrogen and oxygen atoms in total. The monoisotopic (exact) mass is 561 g/mol. The first kappa shape index (κ1) is 25.4. The first-order valence-corrected chi connectivity index (χ1v) is 11.4. The molecule has 0 fully saturated rings. The molecule has 3 aromatic carbocycles. The van der Waals surface area contributed by atoms with E-state index >= 15 is 0 Å². The summed E-state index contributed by atoms with van der Waals surface area (Å²) >= 11 is 15.1. The summed E-state index contributed by atoms with van der Waals surface area (Å²) in [5.74, 6) is -1.30. The zero-order valence-corrected chi connectivity index (χ0v) is 20.9. The Morgan fingerprint density at radius 3 is 2.53 bits per heavy atom. The molecule has 0 saturated carbocycles. The van der Waals surface area contributed by atoms with E-state index in [4.69, 9.17) is 27.9 Å². The number of benzene rings is 3. The predicted molar refractivity (Wildman–Crippen MR) is 135 cm³/mol. The lowest BCUT2D eigenvalue weighted by atomic mass is 10.1. The van der Waals surface area contributed by atoms with Gasteiger partial charge in [-0.15, -0.1) is 0 Å². The van der Waals surface area contributed by atoms with E-state index in [-0.39, 0.29) is 22.9 Å². The summed E-state index contributed by atoms with van der Waals surface area (Å²) in [6.45, 7) is 1.56. The standard InChI is InChI=1S/C24H18BrCl2N3O4/c1-14-3-2-4-16(9-14)24(33)34-21-8-6-18(25)10-17(21)12-29-30-22(31)13-28-23(32)15-5-7-19(26)20(27)11-15/h2-12H,13H2,1H3,(H,28,32)(H,30,31)/b29-12-. The Morgan fingerprint density at radius 1 is 1.00 bits per heavy atom. The summed E-state index contributed by atoms with van der Waals surface area (Å²) < 4.78 is 6.23. The van der Waals surface area contributed by atoms with Crippen molar-refractivity contribution in [3.8, 4) is 5.75 Å². The summed E-state index contributed by atoms with van der Waals surface area (Å²) in [6.07, 6.45) is 1.34. The highest BCUT2D eigenvalue weighted by Crippen LogP contribution is 2.23. The lowest BCUT2D eigenvalue weighted by Crippen LogP contribution is -2.34. The first-order valence-electron chi connectivity index (χ1n) is 9.86. The molecular formula is C24H18BrCl2N3O4. The molecule has 0 aliphatic rings. The molecule has 0 radical (unpaired) electrons. The van der Waals surface area contributed by atoms with Gasteiger partial charge >= 0.3 is 5.97 Å². The molecular weight excluding hydrogens is 545 g/mol. The third-order valence-electron chi connectivity index (χ3n) is 4.41. The Balaban J connectivity index is 1.59. The second-order valence-electron chi connectivity index (χ2n) is 7.05. The van der Waals surface area contributed by atoms with Crippen molar-refractivity contribution in [3.05, 3.63) is 97.4 Å². The van der Waals surface area contributed by atoms with Gasteiger partial charge in [0, 0.05) is 15.6 Å². The Kier molecular flexibility index (Phi) is 8.81. The molecule has 0 aliphatic heterocycles. The Hall–Kier alpha value is -3.20. The van der Waals surface area contributed by atoms with Crippen LogP contribution in [0, 0.1) is 6.92 Å². The fourth-order valence-corrected chi connectivity index (χ4v) is 3.43. The maximum Gasteiger partial charge on any atom is 0.343 e. The second kappa shape index (κ2) is 11.8. The third-order valence-corrected chi connectivity index (χ3v) is 5.64. The molecule has 0 saturated heterocycles. The van der Waals surface area contributed by atoms with E-state index in [1.165, 1.54) is 24.4 Å². The number of amides is 2. The van der Waals surface area contributed by atoms with Crippen LogP contribution in [0.5, 0.6) is 5.75 Å². The van der Waals surface area contributed by atoms with Crippen LogP contribution in [-0.4, -0.2) is 30.5 Å². The zero-order valence-electron chi connectivity index (χ0n) is 17.8. The minimum Gasteiger partial charge on any atom is -0.422 e. The number of nitrogens with one attached hydrogen (secondary N) is 2. The van der Waals surface area contributed by atoms with Gasteiger partial charge in [0.1, 0.15) is 5.75 Å². The van der Waals surface area contributed by atoms with Crippen molar-refractivity contribution in [2.45, 2.75) is 6.92 Å². The van der Waals surface area contributed by atoms with Crippen molar-refractivity contribution in [1.29, 1.82) is 0 Å². The van der Waals surface area contributed by atoms with E-state index in [1.54, 1.807) is 36.4 Å². The molecule has 3 aromatic rings. The molecule has 2 amide bonds. The van der Waals surface area contributed by atoms with Crippen LogP contribution in [0.4, 0.5) is 0 Å². The molecule has 0 bridgehead atoms. The van der Waals surface area contributed by atoms with Crippen molar-refractivity contribution in [2.75, 3.05) is 6.54 Å². The SMILES string of the molecule is Cc1cccc(C(=O)Oc2ccc(Br)cc2/C=N\NC(=O)CNC(=O)c2ccc(Cl)c(Cl)c2)c1. The van der Waals surface area contributed by atoms with Crippen LogP contribution >= 0.6 is 39.1 Å². The molecule has 3 rings (SSSR count). The topological polar surface area (TPSA) is 96.9 Å². The molecule has 2 N–H and O–H groups in total. The maximum atomic E-state index is 12.5. The van der Waals surface area contributed by atoms with Gasteiger partial charge in [-0.1, -0.05) is 56.8 Å². The smallest absolute Gasteiger partial charge is 0.343 e. The van der Waals surface area contributed by atoms with Crippen LogP contribution in [0.3, 0.4) is 0 Å². The number of ether oxygens (including phenoxy) is 1. The fraction of sp³-hybridized carbons (Fsp3) is 0.0833. The summed E-state index contributed by atoms with van der Waals surface area (Å²) in [5, 5.41) is 6.90. The highest BCUT2D eigenvalue weighted by molar-refractivity contribution is 9.10. The Morgan fingerprint density at radius 2 is 1.79 bits per heavy atom. The predicted octanol–water partition coefficient (Wildman–Crippen LogP) is 5.16. The van der Waals surface area contributed by atoms with Gasteiger partial charge in [-0.3, -0.25) is 9.59 Å². The van der Waals surface area contributed by atoms with Crippen molar-refractivity contribution in [1.82, 2.24) is 10.7 Å². The van der Waals surface area contributed by atoms with Crippen LogP contribution in [-0.2, 0) is 4.79 Å². The molecule has 174 valence electrons. The number of hydrogen-bond donors (Lipinski definition) is 2. The molecule has 0 aromatic heterocycles. The lowest BCUT2D eigenvalue weighted by molar-refractivity contribution is -0.120. The van der Waals surface area contributed by atoms with E-state index < -0.39 is 17.8 Å². The van der Waals surface area contributed by atoms with E-state index in [9.17, 15) is 14.4 Å². The molecule has 10 heteroatoms. The van der Waals surface area contributed by atoms with E-state index in [0.717, 1.165) is 10.0 Å². The Bertz CT molecular complexity index is 1280. The van der Waals surface area contributed by atoms with E-state index in [0.29, 0.717) is 16.1 Å². The van der Waals surface area contributed by atoms with Crippen molar-refractivity contribution < 1.29 is 19.1 Å². The zero-order chi connectivity index (χ0) is 24.7. The van der Waals surface area contributed by atoms with Gasteiger partial charge in [0.25, 0.3) is 11.8 Å². The van der Waals surface area contributed by atoms with Gasteiger partial charge < -0.3 is 10.1 Å². The number of carbonyl (C=O) groups excluding carboxylic acids is 3. The third kappa shape index (κ3) is 7.15. The number of aryl methyl sites for hydroxylation is 1. The largest absolute Gasteiger partial charge is 0.422 e. The summed E-state index contributed by atoms with van der Waals surface area (Å²) in [7, 11) is 0. The summed E-state index contributed by atoms with van der Waals surface area (Å²) in [6, 6.07) is 16.4. The highest BCUT2D eigenvalue weighted by Gasteiger charge is 2.12. The summed E-state index contributed by atoms with van der Waals surface area (Å²) in [4.78, 5) is 36.7. The summed E-state index contributed by atoms with van der Waals surface area (Å²) in [5.41, 5.74) is 4.37. The van der Waals surface area contributed by atoms with E-state index in [1.807, 2.05) is 13.0 Å². The van der Waals surface area contributed by atoms with Gasteiger partial charge in [-0.2, -0.15) is 5.10 Å². The van der Waals surface area contributed by atoms with Crippen LogP contribution in [0.15, 0.2) is 70.2 Å². The van der Waals surface area contributed by atoms with Crippen molar-refractivity contribution in [2.24, 2.45) is 5.10 Å². The minimum atomic E-state index is -0.557. The van der Waals surface area contributed by atoms with Crippen molar-refractivity contribution >= 4 is 63.1 Å². The molecule has 0 unspecified atom stereocenters. The van der Waals surface area contributed by atoms with Crippen LogP contribution in [0.2, 0.25) is 10.0 Å². The van der Waals surface area contributed by atoms with Crippen LogP contribution in [0.25, 0.3) is 0 Å². The number of esters is 1. The number of halogens is 3. The Labute approximate surface area is 214 Å². The van der Waals surface area contributed by atoms with Crippen LogP contribution in [0.1, 0.15) is 31.8 Å². The average Bonchev–Trinajstić information content (AvgIpc) is 2.81. The quantitative estimate of drug-likeness (QED) is 0.180. The molecule has 0 spiro atoms. The van der Waals surface area contributed by atoms with Gasteiger partial charge in [-0.05, 0) is 55.5 Å². The fourth-order valence-electron chi connectivity index (χ4n) is 2.76.